The van der Waals surface area contributed by atoms with Gasteiger partial charge in [0.1, 0.15) is 0 Å². The monoisotopic (exact) mass is 274 g/mol. The second-order valence-corrected chi connectivity index (χ2v) is 4.36. The Morgan fingerprint density at radius 2 is 2.33 bits per heavy atom. The number of rotatable bonds is 1. The Morgan fingerprint density at radius 3 is 3.17 bits per heavy atom. The molecule has 1 aliphatic rings. The van der Waals surface area contributed by atoms with Crippen molar-refractivity contribution in [2.24, 2.45) is 5.11 Å². The van der Waals surface area contributed by atoms with Gasteiger partial charge in [-0.1, -0.05) is 0 Å². The predicted molar refractivity (Wildman–Crippen MR) is 38.1 cm³/mol. The molecule has 1 heterocycles. The molecule has 0 fully saturated rings. The molecule has 0 bridgehead atoms. The standard InChI is InChI=1S/C7H5IN3O/c9-11-10-7-5-3-1-2-4-6(5)8-12-7/h1-4,7H/q-1. The quantitative estimate of drug-likeness (QED) is 0.286. The number of halogens is 1. The molecule has 0 radical (unpaired) electrons. The zero-order valence-corrected chi connectivity index (χ0v) is 8.17. The SMILES string of the molecule is [N-]=[N+]=NC1O[I-]c2ccccc21. The molecule has 0 saturated heterocycles. The minimum atomic E-state index is -0.395. The van der Waals surface area contributed by atoms with E-state index in [-0.39, 0.29) is 6.23 Å². The van der Waals surface area contributed by atoms with E-state index in [1.165, 1.54) is 3.57 Å². The molecule has 5 heteroatoms. The maximum absolute atomic E-state index is 8.24. The minimum absolute atomic E-state index is 0.376. The number of nitrogens with zero attached hydrogens (tertiary/aromatic N) is 3. The number of azide groups is 1. The summed E-state index contributed by atoms with van der Waals surface area (Å²) in [4.78, 5) is 2.73. The summed E-state index contributed by atoms with van der Waals surface area (Å²) in [6, 6.07) is 7.87. The van der Waals surface area contributed by atoms with Crippen LogP contribution < -0.4 is 21.6 Å². The van der Waals surface area contributed by atoms with Crippen molar-refractivity contribution in [1.29, 1.82) is 0 Å². The van der Waals surface area contributed by atoms with Gasteiger partial charge < -0.3 is 0 Å². The first-order valence-corrected chi connectivity index (χ1v) is 5.31. The van der Waals surface area contributed by atoms with Gasteiger partial charge in [0.2, 0.25) is 0 Å². The van der Waals surface area contributed by atoms with Crippen LogP contribution in [0, 0.1) is 3.57 Å². The maximum atomic E-state index is 8.24. The Kier molecular flexibility index (Phi) is 2.16. The number of hydrogen-bond acceptors (Lipinski definition) is 2. The van der Waals surface area contributed by atoms with Crippen molar-refractivity contribution < 1.29 is 24.7 Å². The van der Waals surface area contributed by atoms with Gasteiger partial charge in [0.25, 0.3) is 0 Å². The third-order valence-corrected chi connectivity index (χ3v) is 3.73. The second kappa shape index (κ2) is 3.30. The fourth-order valence-corrected chi connectivity index (χ4v) is 2.96. The molecular weight excluding hydrogens is 269 g/mol. The first-order chi connectivity index (χ1) is 5.92. The average Bonchev–Trinajstić information content (AvgIpc) is 2.50. The van der Waals surface area contributed by atoms with Crippen molar-refractivity contribution in [3.63, 3.8) is 0 Å². The molecule has 0 aromatic heterocycles. The van der Waals surface area contributed by atoms with Gasteiger partial charge >= 0.3 is 79.9 Å². The first-order valence-electron chi connectivity index (χ1n) is 3.35. The van der Waals surface area contributed by atoms with Crippen molar-refractivity contribution in [2.45, 2.75) is 6.23 Å². The molecule has 2 rings (SSSR count). The molecule has 0 saturated carbocycles. The van der Waals surface area contributed by atoms with Crippen LogP contribution in [0.15, 0.2) is 29.4 Å². The summed E-state index contributed by atoms with van der Waals surface area (Å²) in [6.07, 6.45) is -0.376. The van der Waals surface area contributed by atoms with E-state index in [4.69, 9.17) is 8.60 Å². The molecule has 1 aliphatic heterocycles. The number of benzene rings is 1. The van der Waals surface area contributed by atoms with Gasteiger partial charge in [-0.3, -0.25) is 0 Å². The zero-order chi connectivity index (χ0) is 8.39. The van der Waals surface area contributed by atoms with Crippen LogP contribution in [0.2, 0.25) is 0 Å². The van der Waals surface area contributed by atoms with Crippen LogP contribution in [0.3, 0.4) is 0 Å². The van der Waals surface area contributed by atoms with Gasteiger partial charge in [-0.15, -0.1) is 0 Å². The molecule has 4 nitrogen and oxygen atoms in total. The van der Waals surface area contributed by atoms with Crippen molar-refractivity contribution in [1.82, 2.24) is 0 Å². The third-order valence-electron chi connectivity index (χ3n) is 1.54. The average molecular weight is 274 g/mol. The van der Waals surface area contributed by atoms with Crippen molar-refractivity contribution >= 4 is 0 Å². The molecule has 0 spiro atoms. The summed E-state index contributed by atoms with van der Waals surface area (Å²) < 4.78 is 6.57. The van der Waals surface area contributed by atoms with Gasteiger partial charge in [-0.25, -0.2) is 0 Å². The van der Waals surface area contributed by atoms with Crippen LogP contribution in [0.25, 0.3) is 10.4 Å². The van der Waals surface area contributed by atoms with E-state index in [1.807, 2.05) is 24.3 Å². The molecule has 0 amide bonds. The molecule has 0 N–H and O–H groups in total. The van der Waals surface area contributed by atoms with Gasteiger partial charge in [0.15, 0.2) is 0 Å². The normalized spacial score (nSPS) is 20.5. The van der Waals surface area contributed by atoms with E-state index >= 15 is 0 Å². The molecule has 1 aromatic carbocycles. The Morgan fingerprint density at radius 1 is 1.50 bits per heavy atom. The van der Waals surface area contributed by atoms with Crippen LogP contribution in [0.1, 0.15) is 11.8 Å². The third kappa shape index (κ3) is 1.26. The Hall–Kier alpha value is -0.780. The van der Waals surface area contributed by atoms with Gasteiger partial charge in [-0.2, -0.15) is 0 Å². The summed E-state index contributed by atoms with van der Waals surface area (Å²) in [6.45, 7) is 0. The molecule has 62 valence electrons. The second-order valence-electron chi connectivity index (χ2n) is 2.25. The summed E-state index contributed by atoms with van der Waals surface area (Å²) in [5.74, 6) is 0. The van der Waals surface area contributed by atoms with Crippen molar-refractivity contribution in [3.05, 3.63) is 43.8 Å². The summed E-state index contributed by atoms with van der Waals surface area (Å²) >= 11 is -0.395. The van der Waals surface area contributed by atoms with E-state index < -0.39 is 21.6 Å². The molecule has 1 atom stereocenters. The van der Waals surface area contributed by atoms with Gasteiger partial charge in [0, 0.05) is 0 Å². The summed E-state index contributed by atoms with van der Waals surface area (Å²) in [5.41, 5.74) is 9.27. The van der Waals surface area contributed by atoms with E-state index in [9.17, 15) is 0 Å². The molecule has 1 aromatic rings. The molecular formula is C7H5IN3O-. The first kappa shape index (κ1) is 7.85. The topological polar surface area (TPSA) is 58.0 Å². The van der Waals surface area contributed by atoms with Gasteiger partial charge in [0.05, 0.1) is 0 Å². The van der Waals surface area contributed by atoms with E-state index in [0.29, 0.717) is 0 Å². The number of fused-ring (bicyclic) bond motifs is 1. The zero-order valence-electron chi connectivity index (χ0n) is 6.01. The number of hydrogen-bond donors (Lipinski definition) is 0. The van der Waals surface area contributed by atoms with E-state index in [0.717, 1.165) is 5.56 Å². The van der Waals surface area contributed by atoms with Crippen LogP contribution in [-0.4, -0.2) is 0 Å². The van der Waals surface area contributed by atoms with Crippen LogP contribution in [0.5, 0.6) is 0 Å². The van der Waals surface area contributed by atoms with E-state index in [2.05, 4.69) is 10.0 Å². The molecule has 1 unspecified atom stereocenters. The molecule has 12 heavy (non-hydrogen) atoms. The summed E-state index contributed by atoms with van der Waals surface area (Å²) in [5, 5.41) is 3.55. The Labute approximate surface area is 80.0 Å². The van der Waals surface area contributed by atoms with Crippen LogP contribution in [-0.2, 0) is 3.07 Å². The van der Waals surface area contributed by atoms with Crippen molar-refractivity contribution in [2.75, 3.05) is 0 Å². The summed E-state index contributed by atoms with van der Waals surface area (Å²) in [7, 11) is 0. The van der Waals surface area contributed by atoms with Crippen LogP contribution >= 0.6 is 0 Å². The predicted octanol–water partition coefficient (Wildman–Crippen LogP) is -0.801. The van der Waals surface area contributed by atoms with Gasteiger partial charge in [-0.05, 0) is 0 Å². The Bertz CT molecular complexity index is 348. The fraction of sp³-hybridized carbons (Fsp3) is 0.143. The van der Waals surface area contributed by atoms with Crippen molar-refractivity contribution in [3.8, 4) is 0 Å². The fourth-order valence-electron chi connectivity index (χ4n) is 1.01. The molecule has 0 aliphatic carbocycles. The Balaban J connectivity index is 2.42. The van der Waals surface area contributed by atoms with Crippen LogP contribution in [0.4, 0.5) is 0 Å². The van der Waals surface area contributed by atoms with E-state index in [1.54, 1.807) is 0 Å².